The highest BCUT2D eigenvalue weighted by atomic mass is 16.7. The lowest BCUT2D eigenvalue weighted by Gasteiger charge is -2.16. The molecule has 0 spiro atoms. The van der Waals surface area contributed by atoms with Crippen LogP contribution in [0.25, 0.3) is 0 Å². The molecule has 5 heteroatoms. The zero-order valence-electron chi connectivity index (χ0n) is 13.6. The first-order valence-electron chi connectivity index (χ1n) is 7.81. The maximum atomic E-state index is 12.1. The van der Waals surface area contributed by atoms with Gasteiger partial charge in [-0.2, -0.15) is 0 Å². The van der Waals surface area contributed by atoms with E-state index in [1.54, 1.807) is 78.9 Å². The van der Waals surface area contributed by atoms with Crippen LogP contribution < -0.4 is 4.74 Å². The Morgan fingerprint density at radius 1 is 0.615 bits per heavy atom. The summed E-state index contributed by atoms with van der Waals surface area (Å²) in [5.41, 5.74) is 2.02. The van der Waals surface area contributed by atoms with Crippen molar-refractivity contribution in [1.82, 2.24) is 0 Å². The number of hydrogen-bond donors (Lipinski definition) is 1. The Hall–Kier alpha value is -3.73. The molecule has 26 heavy (non-hydrogen) atoms. The third-order valence-corrected chi connectivity index (χ3v) is 3.78. The molecule has 128 valence electrons. The Morgan fingerprint density at radius 3 is 1.31 bits per heavy atom. The van der Waals surface area contributed by atoms with Crippen LogP contribution in [0.4, 0.5) is 4.79 Å². The first-order valence-corrected chi connectivity index (χ1v) is 7.81. The van der Waals surface area contributed by atoms with E-state index in [0.717, 1.165) is 0 Å². The van der Waals surface area contributed by atoms with Crippen LogP contribution in [0.5, 0.6) is 5.75 Å². The lowest BCUT2D eigenvalue weighted by molar-refractivity contribution is 0.0979. The molecule has 0 radical (unpaired) electrons. The second-order valence-electron chi connectivity index (χ2n) is 5.43. The van der Waals surface area contributed by atoms with Crippen LogP contribution in [0, 0.1) is 0 Å². The monoisotopic (exact) mass is 346 g/mol. The van der Waals surface area contributed by atoms with Crippen LogP contribution in [0.1, 0.15) is 31.8 Å². The summed E-state index contributed by atoms with van der Waals surface area (Å²) in [4.78, 5) is 34.1. The zero-order chi connectivity index (χ0) is 18.5. The van der Waals surface area contributed by atoms with Gasteiger partial charge in [0.25, 0.3) is 0 Å². The Balaban J connectivity index is 0.000000170. The molecule has 0 unspecified atom stereocenters. The molecule has 0 fully saturated rings. The van der Waals surface area contributed by atoms with Crippen LogP contribution in [-0.2, 0) is 0 Å². The van der Waals surface area contributed by atoms with Gasteiger partial charge < -0.3 is 9.84 Å². The van der Waals surface area contributed by atoms with E-state index in [2.05, 4.69) is 4.74 Å². The second kappa shape index (κ2) is 7.44. The Bertz CT molecular complexity index is 871. The van der Waals surface area contributed by atoms with Crippen LogP contribution in [0.3, 0.4) is 0 Å². The van der Waals surface area contributed by atoms with E-state index >= 15 is 0 Å². The third-order valence-electron chi connectivity index (χ3n) is 3.78. The highest BCUT2D eigenvalue weighted by Crippen LogP contribution is 2.26. The minimum atomic E-state index is -1.29. The molecular formula is C21H14O5. The minimum absolute atomic E-state index is 0.0641. The Morgan fingerprint density at radius 2 is 0.962 bits per heavy atom. The molecule has 0 aliphatic heterocycles. The van der Waals surface area contributed by atoms with Gasteiger partial charge in [0.2, 0.25) is 0 Å². The molecule has 0 aromatic heterocycles. The predicted octanol–water partition coefficient (Wildman–Crippen LogP) is 4.21. The van der Waals surface area contributed by atoms with Gasteiger partial charge in [-0.25, -0.2) is 4.79 Å². The fourth-order valence-electron chi connectivity index (χ4n) is 2.64. The molecule has 3 aromatic carbocycles. The van der Waals surface area contributed by atoms with E-state index in [1.807, 2.05) is 0 Å². The standard InChI is InChI=1S/C14H8O2.C7H6O3/c15-13-9-5-1-2-6-10(9)14(16)12-8-4-3-7-11(12)13;8-7(9)10-6-4-2-1-3-5-6/h1-8H;1-5H,(H,8,9). The summed E-state index contributed by atoms with van der Waals surface area (Å²) >= 11 is 0. The molecule has 0 saturated heterocycles. The number of benzene rings is 3. The van der Waals surface area contributed by atoms with E-state index in [-0.39, 0.29) is 11.6 Å². The van der Waals surface area contributed by atoms with Crippen LogP contribution in [-0.4, -0.2) is 22.8 Å². The van der Waals surface area contributed by atoms with Crippen molar-refractivity contribution in [1.29, 1.82) is 0 Å². The van der Waals surface area contributed by atoms with Crippen LogP contribution >= 0.6 is 0 Å². The number of carbonyl (C=O) groups is 3. The van der Waals surface area contributed by atoms with E-state index in [1.165, 1.54) is 0 Å². The van der Waals surface area contributed by atoms with Gasteiger partial charge in [0.15, 0.2) is 11.6 Å². The van der Waals surface area contributed by atoms with Crippen molar-refractivity contribution in [3.05, 3.63) is 101 Å². The third kappa shape index (κ3) is 3.52. The number of ketones is 2. The first kappa shape index (κ1) is 17.1. The fraction of sp³-hybridized carbons (Fsp3) is 0. The fourth-order valence-corrected chi connectivity index (χ4v) is 2.64. The molecule has 0 saturated carbocycles. The van der Waals surface area contributed by atoms with Gasteiger partial charge in [-0.3, -0.25) is 9.59 Å². The number of para-hydroxylation sites is 1. The lowest BCUT2D eigenvalue weighted by atomic mass is 9.84. The van der Waals surface area contributed by atoms with E-state index < -0.39 is 6.16 Å². The molecule has 4 rings (SSSR count). The largest absolute Gasteiger partial charge is 0.511 e. The number of rotatable bonds is 1. The maximum absolute atomic E-state index is 12.1. The van der Waals surface area contributed by atoms with Crippen molar-refractivity contribution in [3.63, 3.8) is 0 Å². The smallest absolute Gasteiger partial charge is 0.449 e. The van der Waals surface area contributed by atoms with Crippen molar-refractivity contribution in [3.8, 4) is 5.75 Å². The number of fused-ring (bicyclic) bond motifs is 2. The number of carboxylic acid groups (broad SMARTS) is 1. The molecule has 1 N–H and O–H groups in total. The van der Waals surface area contributed by atoms with Gasteiger partial charge in [-0.1, -0.05) is 66.7 Å². The molecule has 0 heterocycles. The zero-order valence-corrected chi connectivity index (χ0v) is 13.6. The molecule has 0 bridgehead atoms. The summed E-state index contributed by atoms with van der Waals surface area (Å²) in [5.74, 6) is 0.214. The molecule has 5 nitrogen and oxygen atoms in total. The number of hydrogen-bond acceptors (Lipinski definition) is 4. The van der Waals surface area contributed by atoms with Gasteiger partial charge >= 0.3 is 6.16 Å². The van der Waals surface area contributed by atoms with Gasteiger partial charge in [-0.15, -0.1) is 0 Å². The van der Waals surface area contributed by atoms with Gasteiger partial charge in [0.1, 0.15) is 5.75 Å². The summed E-state index contributed by atoms with van der Waals surface area (Å²) in [6.45, 7) is 0. The predicted molar refractivity (Wildman–Crippen MR) is 94.8 cm³/mol. The quantitative estimate of drug-likeness (QED) is 0.412. The first-order chi connectivity index (χ1) is 12.6. The average Bonchev–Trinajstić information content (AvgIpc) is 2.67. The topological polar surface area (TPSA) is 80.7 Å². The Kier molecular flexibility index (Phi) is 4.90. The lowest BCUT2D eigenvalue weighted by Crippen LogP contribution is -2.20. The van der Waals surface area contributed by atoms with Crippen molar-refractivity contribution in [2.24, 2.45) is 0 Å². The molecule has 1 aliphatic rings. The molecular weight excluding hydrogens is 332 g/mol. The van der Waals surface area contributed by atoms with Crippen molar-refractivity contribution in [2.45, 2.75) is 0 Å². The van der Waals surface area contributed by atoms with Crippen molar-refractivity contribution >= 4 is 17.7 Å². The molecule has 1 aliphatic carbocycles. The van der Waals surface area contributed by atoms with E-state index in [0.29, 0.717) is 28.0 Å². The molecule has 0 atom stereocenters. The second-order valence-corrected chi connectivity index (χ2v) is 5.43. The van der Waals surface area contributed by atoms with Crippen molar-refractivity contribution < 1.29 is 24.2 Å². The van der Waals surface area contributed by atoms with Crippen molar-refractivity contribution in [2.75, 3.05) is 0 Å². The number of carbonyl (C=O) groups excluding carboxylic acids is 2. The summed E-state index contributed by atoms with van der Waals surface area (Å²) in [7, 11) is 0. The van der Waals surface area contributed by atoms with Crippen LogP contribution in [0.15, 0.2) is 78.9 Å². The van der Waals surface area contributed by atoms with E-state index in [4.69, 9.17) is 5.11 Å². The normalized spacial score (nSPS) is 11.5. The van der Waals surface area contributed by atoms with Gasteiger partial charge in [-0.05, 0) is 12.1 Å². The minimum Gasteiger partial charge on any atom is -0.449 e. The van der Waals surface area contributed by atoms with Gasteiger partial charge in [0, 0.05) is 22.3 Å². The average molecular weight is 346 g/mol. The van der Waals surface area contributed by atoms with Gasteiger partial charge in [0.05, 0.1) is 0 Å². The maximum Gasteiger partial charge on any atom is 0.511 e. The summed E-state index contributed by atoms with van der Waals surface area (Å²) < 4.78 is 4.33. The summed E-state index contributed by atoms with van der Waals surface area (Å²) in [6, 6.07) is 22.3. The highest BCUT2D eigenvalue weighted by molar-refractivity contribution is 6.28. The molecule has 0 amide bonds. The molecule has 3 aromatic rings. The summed E-state index contributed by atoms with van der Waals surface area (Å²) in [5, 5.41) is 8.14. The Labute approximate surface area is 149 Å². The highest BCUT2D eigenvalue weighted by Gasteiger charge is 2.28. The van der Waals surface area contributed by atoms with E-state index in [9.17, 15) is 14.4 Å². The SMILES string of the molecule is O=C(O)Oc1ccccc1.O=C1c2ccccc2C(=O)c2ccccc21. The number of ether oxygens (including phenoxy) is 1. The summed E-state index contributed by atoms with van der Waals surface area (Å²) in [6.07, 6.45) is -1.29. The van der Waals surface area contributed by atoms with Crippen LogP contribution in [0.2, 0.25) is 0 Å².